The first-order valence-corrected chi connectivity index (χ1v) is 12.5. The number of carbonyl (C=O) groups is 1. The van der Waals surface area contributed by atoms with E-state index in [1.807, 2.05) is 23.1 Å². The number of benzene rings is 2. The van der Waals surface area contributed by atoms with Gasteiger partial charge in [-0.15, -0.1) is 0 Å². The molecule has 1 saturated heterocycles. The number of carbonyl (C=O) groups excluding carboxylic acids is 1. The van der Waals surface area contributed by atoms with Gasteiger partial charge >= 0.3 is 0 Å². The molecular weight excluding hydrogens is 408 g/mol. The maximum Gasteiger partial charge on any atom is 0.254 e. The molecule has 6 heteroatoms. The number of likely N-dealkylation sites (tertiary alicyclic amines) is 1. The predicted molar refractivity (Wildman–Crippen MR) is 124 cm³/mol. The van der Waals surface area contributed by atoms with Gasteiger partial charge in [-0.05, 0) is 59.9 Å². The van der Waals surface area contributed by atoms with Crippen molar-refractivity contribution in [3.63, 3.8) is 0 Å². The largest absolute Gasteiger partial charge is 0.335 e. The zero-order chi connectivity index (χ0) is 22.4. The van der Waals surface area contributed by atoms with Crippen molar-refractivity contribution in [3.05, 3.63) is 65.7 Å². The normalized spacial score (nSPS) is 24.8. The van der Waals surface area contributed by atoms with Gasteiger partial charge in [0.05, 0.1) is 11.4 Å². The molecule has 31 heavy (non-hydrogen) atoms. The minimum atomic E-state index is -3.51. The number of hydrogen-bond donors (Lipinski definition) is 0. The molecule has 1 aliphatic heterocycles. The van der Waals surface area contributed by atoms with Crippen LogP contribution in [0.15, 0.2) is 54.6 Å². The molecule has 1 heterocycles. The topological polar surface area (TPSA) is 57.7 Å². The first-order chi connectivity index (χ1) is 14.5. The van der Waals surface area contributed by atoms with Gasteiger partial charge < -0.3 is 4.90 Å². The van der Waals surface area contributed by atoms with Gasteiger partial charge in [0, 0.05) is 25.2 Å². The van der Waals surface area contributed by atoms with Gasteiger partial charge in [0.1, 0.15) is 0 Å². The predicted octanol–water partition coefficient (Wildman–Crippen LogP) is 4.69. The molecule has 1 saturated carbocycles. The summed E-state index contributed by atoms with van der Waals surface area (Å²) < 4.78 is 26.9. The number of nitrogens with zero attached hydrogens (tertiary/aromatic N) is 2. The summed E-state index contributed by atoms with van der Waals surface area (Å²) in [6, 6.07) is 16.4. The van der Waals surface area contributed by atoms with Gasteiger partial charge in [0.15, 0.2) is 0 Å². The summed E-state index contributed by atoms with van der Waals surface area (Å²) in [4.78, 5) is 15.3. The Hall–Kier alpha value is -2.34. The highest BCUT2D eigenvalue weighted by atomic mass is 32.2. The van der Waals surface area contributed by atoms with Gasteiger partial charge in [-0.3, -0.25) is 9.10 Å². The highest BCUT2D eigenvalue weighted by Gasteiger charge is 2.51. The summed E-state index contributed by atoms with van der Waals surface area (Å²) >= 11 is 0. The van der Waals surface area contributed by atoms with Crippen molar-refractivity contribution in [3.8, 4) is 0 Å². The standard InChI is InChI=1S/C25H32N2O3S/c1-24(2)14-22-15-25(3,17-24)18-27(22)23(28)20-10-12-21(13-11-20)26(4)31(29,30)16-19-8-6-5-7-9-19/h5-13,22H,14-18H2,1-4H3. The second-order valence-electron chi connectivity index (χ2n) is 10.4. The van der Waals surface area contributed by atoms with Gasteiger partial charge in [0.25, 0.3) is 5.91 Å². The van der Waals surface area contributed by atoms with Crippen molar-refractivity contribution in [2.24, 2.45) is 10.8 Å². The lowest BCUT2D eigenvalue weighted by molar-refractivity contribution is 0.0708. The Labute approximate surface area is 186 Å². The van der Waals surface area contributed by atoms with E-state index in [1.54, 1.807) is 43.4 Å². The maximum absolute atomic E-state index is 13.3. The summed E-state index contributed by atoms with van der Waals surface area (Å²) in [5, 5.41) is 0. The Morgan fingerprint density at radius 3 is 2.32 bits per heavy atom. The molecule has 2 bridgehead atoms. The first-order valence-electron chi connectivity index (χ1n) is 10.9. The Balaban J connectivity index is 1.49. The van der Waals surface area contributed by atoms with Crippen LogP contribution in [0.2, 0.25) is 0 Å². The van der Waals surface area contributed by atoms with Crippen LogP contribution < -0.4 is 4.31 Å². The molecule has 0 spiro atoms. The smallest absolute Gasteiger partial charge is 0.254 e. The lowest BCUT2D eigenvalue weighted by Crippen LogP contribution is -2.37. The monoisotopic (exact) mass is 440 g/mol. The Morgan fingerprint density at radius 2 is 1.68 bits per heavy atom. The zero-order valence-corrected chi connectivity index (χ0v) is 19.7. The number of rotatable bonds is 5. The second kappa shape index (κ2) is 7.66. The average Bonchev–Trinajstić information content (AvgIpc) is 2.96. The van der Waals surface area contributed by atoms with E-state index in [0.717, 1.165) is 31.4 Å². The second-order valence-corrected chi connectivity index (χ2v) is 12.4. The highest BCUT2D eigenvalue weighted by Crippen LogP contribution is 2.52. The number of anilines is 1. The van der Waals surface area contributed by atoms with Crippen molar-refractivity contribution in [1.29, 1.82) is 0 Å². The van der Waals surface area contributed by atoms with Crippen molar-refractivity contribution in [2.45, 2.75) is 51.8 Å². The molecule has 2 aliphatic rings. The van der Waals surface area contributed by atoms with Gasteiger partial charge in [-0.25, -0.2) is 8.42 Å². The third-order valence-electron chi connectivity index (χ3n) is 6.76. The molecule has 2 unspecified atom stereocenters. The van der Waals surface area contributed by atoms with Gasteiger partial charge in [-0.2, -0.15) is 0 Å². The minimum Gasteiger partial charge on any atom is -0.335 e. The van der Waals surface area contributed by atoms with Crippen molar-refractivity contribution >= 4 is 21.6 Å². The highest BCUT2D eigenvalue weighted by molar-refractivity contribution is 7.92. The summed E-state index contributed by atoms with van der Waals surface area (Å²) in [6.07, 6.45) is 3.25. The van der Waals surface area contributed by atoms with Crippen molar-refractivity contribution in [2.75, 3.05) is 17.9 Å². The summed E-state index contributed by atoms with van der Waals surface area (Å²) in [7, 11) is -1.95. The molecule has 1 aliphatic carbocycles. The van der Waals surface area contributed by atoms with E-state index in [0.29, 0.717) is 11.3 Å². The third kappa shape index (κ3) is 4.49. The van der Waals surface area contributed by atoms with Crippen LogP contribution in [0.3, 0.4) is 0 Å². The number of hydrogen-bond acceptors (Lipinski definition) is 3. The van der Waals surface area contributed by atoms with E-state index in [4.69, 9.17) is 0 Å². The van der Waals surface area contributed by atoms with Gasteiger partial charge in [0.2, 0.25) is 10.0 Å². The zero-order valence-electron chi connectivity index (χ0n) is 18.8. The number of amides is 1. The van der Waals surface area contributed by atoms with Crippen LogP contribution in [-0.2, 0) is 15.8 Å². The molecule has 1 amide bonds. The molecule has 0 aromatic heterocycles. The lowest BCUT2D eigenvalue weighted by Gasteiger charge is -2.39. The van der Waals surface area contributed by atoms with Crippen LogP contribution in [0.5, 0.6) is 0 Å². The van der Waals surface area contributed by atoms with Crippen molar-refractivity contribution < 1.29 is 13.2 Å². The first kappa shape index (κ1) is 21.9. The van der Waals surface area contributed by atoms with E-state index < -0.39 is 10.0 Å². The third-order valence-corrected chi connectivity index (χ3v) is 8.51. The van der Waals surface area contributed by atoms with Crippen LogP contribution in [0.4, 0.5) is 5.69 Å². The molecule has 2 atom stereocenters. The quantitative estimate of drug-likeness (QED) is 0.677. The van der Waals surface area contributed by atoms with Gasteiger partial charge in [-0.1, -0.05) is 51.1 Å². The summed E-state index contributed by atoms with van der Waals surface area (Å²) in [6.45, 7) is 7.69. The molecule has 166 valence electrons. The molecule has 2 aromatic rings. The van der Waals surface area contributed by atoms with E-state index in [-0.39, 0.29) is 28.5 Å². The Kier molecular flexibility index (Phi) is 5.41. The van der Waals surface area contributed by atoms with E-state index in [1.165, 1.54) is 4.31 Å². The van der Waals surface area contributed by atoms with Crippen LogP contribution in [-0.4, -0.2) is 38.9 Å². The van der Waals surface area contributed by atoms with Crippen LogP contribution in [0, 0.1) is 10.8 Å². The van der Waals surface area contributed by atoms with Crippen LogP contribution in [0.25, 0.3) is 0 Å². The Morgan fingerprint density at radius 1 is 1.03 bits per heavy atom. The lowest BCUT2D eigenvalue weighted by atomic mass is 9.65. The number of sulfonamides is 1. The molecule has 4 rings (SSSR count). The maximum atomic E-state index is 13.3. The van der Waals surface area contributed by atoms with E-state index in [9.17, 15) is 13.2 Å². The molecule has 2 aromatic carbocycles. The summed E-state index contributed by atoms with van der Waals surface area (Å²) in [5.74, 6) is -0.0118. The van der Waals surface area contributed by atoms with E-state index >= 15 is 0 Å². The van der Waals surface area contributed by atoms with E-state index in [2.05, 4.69) is 20.8 Å². The average molecular weight is 441 g/mol. The van der Waals surface area contributed by atoms with Crippen LogP contribution >= 0.6 is 0 Å². The fourth-order valence-electron chi connectivity index (χ4n) is 5.72. The summed E-state index contributed by atoms with van der Waals surface area (Å²) in [5.41, 5.74) is 2.37. The minimum absolute atomic E-state index is 0.0489. The molecule has 5 nitrogen and oxygen atoms in total. The van der Waals surface area contributed by atoms with Crippen molar-refractivity contribution in [1.82, 2.24) is 4.90 Å². The fourth-order valence-corrected chi connectivity index (χ4v) is 6.97. The molecular formula is C25H32N2O3S. The Bertz CT molecular complexity index is 1060. The molecule has 0 radical (unpaired) electrons. The number of fused-ring (bicyclic) bond motifs is 2. The SMILES string of the molecule is CN(c1ccc(C(=O)N2CC3(C)CC2CC(C)(C)C3)cc1)S(=O)(=O)Cc1ccccc1. The fraction of sp³-hybridized carbons (Fsp3) is 0.480. The molecule has 2 fully saturated rings. The van der Waals surface area contributed by atoms with Crippen LogP contribution in [0.1, 0.15) is 56.0 Å². The molecule has 0 N–H and O–H groups in total.